The van der Waals surface area contributed by atoms with Crippen LogP contribution < -0.4 is 10.6 Å². The Hall–Kier alpha value is -2.87. The van der Waals surface area contributed by atoms with Crippen molar-refractivity contribution in [1.29, 1.82) is 0 Å². The molecule has 1 aromatic carbocycles. The van der Waals surface area contributed by atoms with Gasteiger partial charge in [0, 0.05) is 43.4 Å². The number of aromatic amines is 1. The fourth-order valence-electron chi connectivity index (χ4n) is 3.88. The molecule has 1 aliphatic carbocycles. The number of rotatable bonds is 6. The van der Waals surface area contributed by atoms with Crippen molar-refractivity contribution in [2.75, 3.05) is 18.5 Å². The molecule has 8 heteroatoms. The van der Waals surface area contributed by atoms with Crippen LogP contribution in [0, 0.1) is 12.8 Å². The van der Waals surface area contributed by atoms with Crippen LogP contribution in [-0.4, -0.2) is 41.5 Å². The zero-order valence-corrected chi connectivity index (χ0v) is 17.1. The van der Waals surface area contributed by atoms with Crippen molar-refractivity contribution < 1.29 is 19.1 Å². The molecule has 1 saturated carbocycles. The summed E-state index contributed by atoms with van der Waals surface area (Å²) in [6, 6.07) is 9.81. The summed E-state index contributed by atoms with van der Waals surface area (Å²) in [6.45, 7) is 3.74. The van der Waals surface area contributed by atoms with Crippen molar-refractivity contribution in [2.24, 2.45) is 5.92 Å². The summed E-state index contributed by atoms with van der Waals surface area (Å²) in [6.07, 6.45) is 2.49. The van der Waals surface area contributed by atoms with Crippen LogP contribution in [0.1, 0.15) is 48.4 Å². The number of alkyl carbamates (subject to hydrolysis) is 1. The third-order valence-electron chi connectivity index (χ3n) is 5.93. The van der Waals surface area contributed by atoms with E-state index in [1.807, 2.05) is 37.3 Å². The SMILES string of the molecule is Cc1ccccc1CNC(=O)O[C@H]1C[C@@H](c2cc(NC(=O)C3CCOCC3)n[nH]2)C1. The molecule has 1 saturated heterocycles. The number of benzene rings is 1. The van der Waals surface area contributed by atoms with Gasteiger partial charge in [-0.15, -0.1) is 0 Å². The number of hydrogen-bond acceptors (Lipinski definition) is 5. The molecule has 4 rings (SSSR count). The predicted octanol–water partition coefficient (Wildman–Crippen LogP) is 3.26. The van der Waals surface area contributed by atoms with Crippen molar-refractivity contribution in [3.05, 3.63) is 47.2 Å². The highest BCUT2D eigenvalue weighted by Crippen LogP contribution is 2.38. The van der Waals surface area contributed by atoms with E-state index < -0.39 is 6.09 Å². The summed E-state index contributed by atoms with van der Waals surface area (Å²) < 4.78 is 10.8. The second-order valence-electron chi connectivity index (χ2n) is 8.06. The van der Waals surface area contributed by atoms with E-state index in [2.05, 4.69) is 20.8 Å². The number of ether oxygens (including phenoxy) is 2. The van der Waals surface area contributed by atoms with Crippen LogP contribution in [-0.2, 0) is 20.8 Å². The third-order valence-corrected chi connectivity index (χ3v) is 5.93. The zero-order chi connectivity index (χ0) is 20.9. The quantitative estimate of drug-likeness (QED) is 0.675. The van der Waals surface area contributed by atoms with Crippen molar-refractivity contribution in [1.82, 2.24) is 15.5 Å². The Balaban J connectivity index is 1.19. The van der Waals surface area contributed by atoms with E-state index in [1.165, 1.54) is 0 Å². The summed E-state index contributed by atoms with van der Waals surface area (Å²) in [5, 5.41) is 12.9. The maximum absolute atomic E-state index is 12.3. The predicted molar refractivity (Wildman–Crippen MR) is 111 cm³/mol. The topological polar surface area (TPSA) is 105 Å². The van der Waals surface area contributed by atoms with Crippen molar-refractivity contribution in [3.63, 3.8) is 0 Å². The number of carbonyl (C=O) groups excluding carboxylic acids is 2. The van der Waals surface area contributed by atoms with Gasteiger partial charge in [-0.25, -0.2) is 4.79 Å². The number of H-pyrrole nitrogens is 1. The first-order valence-corrected chi connectivity index (χ1v) is 10.5. The molecule has 0 unspecified atom stereocenters. The van der Waals surface area contributed by atoms with E-state index in [9.17, 15) is 9.59 Å². The molecule has 8 nitrogen and oxygen atoms in total. The van der Waals surface area contributed by atoms with E-state index >= 15 is 0 Å². The average Bonchev–Trinajstić information content (AvgIpc) is 3.18. The Labute approximate surface area is 175 Å². The lowest BCUT2D eigenvalue weighted by atomic mass is 9.80. The Bertz CT molecular complexity index is 885. The molecule has 0 bridgehead atoms. The van der Waals surface area contributed by atoms with E-state index in [0.717, 1.165) is 42.5 Å². The fraction of sp³-hybridized carbons (Fsp3) is 0.500. The second kappa shape index (κ2) is 9.30. The monoisotopic (exact) mass is 412 g/mol. The second-order valence-corrected chi connectivity index (χ2v) is 8.06. The summed E-state index contributed by atoms with van der Waals surface area (Å²) in [7, 11) is 0. The summed E-state index contributed by atoms with van der Waals surface area (Å²) in [5.74, 6) is 0.775. The molecule has 0 atom stereocenters. The molecule has 2 heterocycles. The van der Waals surface area contributed by atoms with Gasteiger partial charge in [0.1, 0.15) is 6.10 Å². The summed E-state index contributed by atoms with van der Waals surface area (Å²) in [4.78, 5) is 24.3. The standard InChI is InChI=1S/C22H28N4O4/c1-14-4-2-3-5-16(14)13-23-22(28)30-18-10-17(11-18)19-12-20(26-25-19)24-21(27)15-6-8-29-9-7-15/h2-5,12,15,17-18H,6-11,13H2,1H3,(H,23,28)(H2,24,25,26,27)/t17-,18+. The summed E-state index contributed by atoms with van der Waals surface area (Å²) in [5.41, 5.74) is 3.17. The number of anilines is 1. The Morgan fingerprint density at radius 2 is 2.00 bits per heavy atom. The lowest BCUT2D eigenvalue weighted by Crippen LogP contribution is -2.36. The molecule has 0 spiro atoms. The highest BCUT2D eigenvalue weighted by atomic mass is 16.6. The number of carbonyl (C=O) groups is 2. The van der Waals surface area contributed by atoms with Crippen LogP contribution in [0.5, 0.6) is 0 Å². The van der Waals surface area contributed by atoms with Gasteiger partial charge in [0.05, 0.1) is 0 Å². The fourth-order valence-corrected chi connectivity index (χ4v) is 3.88. The van der Waals surface area contributed by atoms with E-state index in [-0.39, 0.29) is 23.8 Å². The lowest BCUT2D eigenvalue weighted by molar-refractivity contribution is -0.122. The molecule has 1 aliphatic heterocycles. The number of aromatic nitrogens is 2. The van der Waals surface area contributed by atoms with Gasteiger partial charge in [-0.05, 0) is 43.7 Å². The van der Waals surface area contributed by atoms with Crippen LogP contribution in [0.15, 0.2) is 30.3 Å². The molecule has 160 valence electrons. The Morgan fingerprint density at radius 1 is 1.23 bits per heavy atom. The van der Waals surface area contributed by atoms with Crippen molar-refractivity contribution >= 4 is 17.8 Å². The molecule has 30 heavy (non-hydrogen) atoms. The number of amides is 2. The van der Waals surface area contributed by atoms with Gasteiger partial charge in [0.15, 0.2) is 5.82 Å². The minimum atomic E-state index is -0.393. The number of nitrogens with zero attached hydrogens (tertiary/aromatic N) is 1. The van der Waals surface area contributed by atoms with Gasteiger partial charge in [-0.2, -0.15) is 5.10 Å². The Kier molecular flexibility index (Phi) is 6.32. The number of nitrogens with one attached hydrogen (secondary N) is 3. The van der Waals surface area contributed by atoms with Crippen LogP contribution in [0.3, 0.4) is 0 Å². The van der Waals surface area contributed by atoms with E-state index in [1.54, 1.807) is 0 Å². The molecule has 1 aromatic heterocycles. The minimum Gasteiger partial charge on any atom is -0.446 e. The first-order valence-electron chi connectivity index (χ1n) is 10.5. The van der Waals surface area contributed by atoms with Crippen molar-refractivity contribution in [3.8, 4) is 0 Å². The molecule has 2 amide bonds. The first kappa shape index (κ1) is 20.4. The molecule has 0 radical (unpaired) electrons. The van der Waals surface area contributed by atoms with Gasteiger partial charge in [-0.1, -0.05) is 24.3 Å². The maximum atomic E-state index is 12.3. The molecular weight excluding hydrogens is 384 g/mol. The number of aryl methyl sites for hydroxylation is 1. The van der Waals surface area contributed by atoms with Crippen LogP contribution in [0.25, 0.3) is 0 Å². The highest BCUT2D eigenvalue weighted by molar-refractivity contribution is 5.91. The van der Waals surface area contributed by atoms with Crippen LogP contribution in [0.2, 0.25) is 0 Å². The average molecular weight is 412 g/mol. The van der Waals surface area contributed by atoms with Gasteiger partial charge >= 0.3 is 6.09 Å². The highest BCUT2D eigenvalue weighted by Gasteiger charge is 2.34. The molecule has 3 N–H and O–H groups in total. The Morgan fingerprint density at radius 3 is 2.77 bits per heavy atom. The van der Waals surface area contributed by atoms with Crippen molar-refractivity contribution in [2.45, 2.75) is 51.2 Å². The van der Waals surface area contributed by atoms with Gasteiger partial charge < -0.3 is 20.1 Å². The molecular formula is C22H28N4O4. The molecule has 2 aromatic rings. The lowest BCUT2D eigenvalue weighted by Gasteiger charge is -2.33. The number of hydrogen-bond donors (Lipinski definition) is 3. The minimum absolute atomic E-state index is 0.00325. The first-order chi connectivity index (χ1) is 14.6. The van der Waals surface area contributed by atoms with Gasteiger partial charge in [0.2, 0.25) is 5.91 Å². The summed E-state index contributed by atoms with van der Waals surface area (Å²) >= 11 is 0. The zero-order valence-electron chi connectivity index (χ0n) is 17.1. The van der Waals surface area contributed by atoms with Gasteiger partial charge in [-0.3, -0.25) is 9.89 Å². The smallest absolute Gasteiger partial charge is 0.407 e. The van der Waals surface area contributed by atoms with Crippen LogP contribution >= 0.6 is 0 Å². The normalized spacial score (nSPS) is 21.5. The maximum Gasteiger partial charge on any atom is 0.407 e. The molecule has 2 fully saturated rings. The molecule has 2 aliphatic rings. The largest absolute Gasteiger partial charge is 0.446 e. The van der Waals surface area contributed by atoms with E-state index in [0.29, 0.717) is 25.6 Å². The van der Waals surface area contributed by atoms with Crippen LogP contribution in [0.4, 0.5) is 10.6 Å². The van der Waals surface area contributed by atoms with E-state index in [4.69, 9.17) is 9.47 Å². The third kappa shape index (κ3) is 4.99. The van der Waals surface area contributed by atoms with Gasteiger partial charge in [0.25, 0.3) is 0 Å².